The number of amides is 1. The lowest BCUT2D eigenvalue weighted by Gasteiger charge is -2.42. The summed E-state index contributed by atoms with van der Waals surface area (Å²) in [7, 11) is 0. The fourth-order valence-corrected chi connectivity index (χ4v) is 3.04. The molecule has 1 aromatic rings. The molecule has 1 aliphatic rings. The minimum Gasteiger partial charge on any atom is -0.330 e. The van der Waals surface area contributed by atoms with E-state index < -0.39 is 59.5 Å². The van der Waals surface area contributed by atoms with Gasteiger partial charge in [-0.3, -0.25) is 4.79 Å². The van der Waals surface area contributed by atoms with Crippen LogP contribution in [-0.2, 0) is 4.79 Å². The van der Waals surface area contributed by atoms with E-state index >= 15 is 0 Å². The molecule has 0 saturated carbocycles. The average Bonchev–Trinajstić information content (AvgIpc) is 2.44. The van der Waals surface area contributed by atoms with Crippen LogP contribution in [0.3, 0.4) is 0 Å². The average molecular weight is 339 g/mol. The van der Waals surface area contributed by atoms with Crippen molar-refractivity contribution in [2.24, 2.45) is 5.92 Å². The van der Waals surface area contributed by atoms with Gasteiger partial charge >= 0.3 is 6.18 Å². The van der Waals surface area contributed by atoms with Gasteiger partial charge in [0.1, 0.15) is 12.4 Å². The second-order valence-corrected chi connectivity index (χ2v) is 5.82. The van der Waals surface area contributed by atoms with Crippen molar-refractivity contribution in [3.63, 3.8) is 0 Å². The predicted molar refractivity (Wildman–Crippen MR) is 70.1 cm³/mol. The lowest BCUT2D eigenvalue weighted by atomic mass is 9.79. The Balaban J connectivity index is 2.44. The number of benzene rings is 1. The van der Waals surface area contributed by atoms with Crippen LogP contribution >= 0.6 is 0 Å². The van der Waals surface area contributed by atoms with Crippen LogP contribution in [0, 0.1) is 23.4 Å². The standard InChI is InChI=1S/C15H15F6NO/c1-7-5-9(12-10(16)3-4-11(17)13(12)18)8(2)22(14(7)23)6-15(19,20)21/h3-4,7-9H,5-6H2,1-2H3/t7?,8-,9-/m1/s1. The zero-order valence-electron chi connectivity index (χ0n) is 12.4. The molecule has 0 radical (unpaired) electrons. The third kappa shape index (κ3) is 3.45. The number of hydrogen-bond donors (Lipinski definition) is 0. The van der Waals surface area contributed by atoms with E-state index in [0.717, 1.165) is 6.07 Å². The molecule has 1 fully saturated rings. The second-order valence-electron chi connectivity index (χ2n) is 5.82. The van der Waals surface area contributed by atoms with E-state index in [1.165, 1.54) is 13.8 Å². The number of rotatable bonds is 2. The molecule has 3 atom stereocenters. The molecular weight excluding hydrogens is 324 g/mol. The van der Waals surface area contributed by atoms with Gasteiger partial charge in [-0.25, -0.2) is 13.2 Å². The van der Waals surface area contributed by atoms with Crippen LogP contribution in [0.25, 0.3) is 0 Å². The van der Waals surface area contributed by atoms with Gasteiger partial charge in [-0.05, 0) is 25.5 Å². The van der Waals surface area contributed by atoms with Crippen molar-refractivity contribution < 1.29 is 31.1 Å². The molecule has 0 bridgehead atoms. The Hall–Kier alpha value is -1.73. The van der Waals surface area contributed by atoms with E-state index in [-0.39, 0.29) is 6.42 Å². The minimum atomic E-state index is -4.63. The van der Waals surface area contributed by atoms with Crippen molar-refractivity contribution in [2.75, 3.05) is 6.54 Å². The summed E-state index contributed by atoms with van der Waals surface area (Å²) in [6.07, 6.45) is -4.68. The maximum absolute atomic E-state index is 14.0. The predicted octanol–water partition coefficient (Wildman–Crippen LogP) is 4.01. The highest BCUT2D eigenvalue weighted by Crippen LogP contribution is 2.39. The summed E-state index contributed by atoms with van der Waals surface area (Å²) in [5.74, 6) is -6.37. The van der Waals surface area contributed by atoms with Gasteiger partial charge in [0.05, 0.1) is 0 Å². The molecule has 0 spiro atoms. The Kier molecular flexibility index (Phi) is 4.64. The van der Waals surface area contributed by atoms with Gasteiger partial charge in [0.25, 0.3) is 0 Å². The molecule has 2 rings (SSSR count). The molecule has 1 aliphatic heterocycles. The largest absolute Gasteiger partial charge is 0.406 e. The molecule has 0 aliphatic carbocycles. The zero-order valence-corrected chi connectivity index (χ0v) is 12.4. The lowest BCUT2D eigenvalue weighted by molar-refractivity contribution is -0.172. The number of halogens is 6. The van der Waals surface area contributed by atoms with E-state index in [9.17, 15) is 31.1 Å². The Labute approximate surface area is 129 Å². The Morgan fingerprint density at radius 3 is 2.26 bits per heavy atom. The summed E-state index contributed by atoms with van der Waals surface area (Å²) in [4.78, 5) is 12.5. The molecular formula is C15H15F6NO. The first kappa shape index (κ1) is 17.6. The number of alkyl halides is 3. The maximum atomic E-state index is 14.0. The number of carbonyl (C=O) groups is 1. The summed E-state index contributed by atoms with van der Waals surface area (Å²) >= 11 is 0. The third-order valence-corrected chi connectivity index (χ3v) is 4.19. The van der Waals surface area contributed by atoms with Crippen LogP contribution in [0.4, 0.5) is 26.3 Å². The van der Waals surface area contributed by atoms with Crippen LogP contribution in [0.5, 0.6) is 0 Å². The van der Waals surface area contributed by atoms with Crippen molar-refractivity contribution >= 4 is 5.91 Å². The molecule has 8 heteroatoms. The second kappa shape index (κ2) is 6.05. The van der Waals surface area contributed by atoms with Crippen molar-refractivity contribution in [3.8, 4) is 0 Å². The van der Waals surface area contributed by atoms with Crippen LogP contribution in [-0.4, -0.2) is 29.6 Å². The van der Waals surface area contributed by atoms with Crippen molar-refractivity contribution in [1.29, 1.82) is 0 Å². The maximum Gasteiger partial charge on any atom is 0.406 e. The minimum absolute atomic E-state index is 0.0499. The first-order valence-electron chi connectivity index (χ1n) is 7.03. The SMILES string of the molecule is CC1C[C@@H](c2c(F)ccc(F)c2F)[C@@H](C)N(CC(F)(F)F)C1=O. The van der Waals surface area contributed by atoms with Crippen molar-refractivity contribution in [3.05, 3.63) is 35.1 Å². The lowest BCUT2D eigenvalue weighted by Crippen LogP contribution is -2.53. The van der Waals surface area contributed by atoms with Crippen LogP contribution < -0.4 is 0 Å². The van der Waals surface area contributed by atoms with Gasteiger partial charge in [-0.1, -0.05) is 6.92 Å². The monoisotopic (exact) mass is 339 g/mol. The smallest absolute Gasteiger partial charge is 0.330 e. The van der Waals surface area contributed by atoms with Crippen LogP contribution in [0.1, 0.15) is 31.7 Å². The van der Waals surface area contributed by atoms with Crippen LogP contribution in [0.2, 0.25) is 0 Å². The highest BCUT2D eigenvalue weighted by Gasteiger charge is 2.44. The molecule has 2 nitrogen and oxygen atoms in total. The molecule has 1 heterocycles. The van der Waals surface area contributed by atoms with Crippen molar-refractivity contribution in [2.45, 2.75) is 38.4 Å². The first-order valence-corrected chi connectivity index (χ1v) is 7.03. The molecule has 1 saturated heterocycles. The summed E-state index contributed by atoms with van der Waals surface area (Å²) in [6, 6.07) is 0.241. The molecule has 1 amide bonds. The van der Waals surface area contributed by atoms with Crippen LogP contribution in [0.15, 0.2) is 12.1 Å². The number of hydrogen-bond acceptors (Lipinski definition) is 1. The van der Waals surface area contributed by atoms with E-state index in [2.05, 4.69) is 0 Å². The Bertz CT molecular complexity index is 615. The van der Waals surface area contributed by atoms with E-state index in [4.69, 9.17) is 0 Å². The highest BCUT2D eigenvalue weighted by atomic mass is 19.4. The summed E-state index contributed by atoms with van der Waals surface area (Å²) in [6.45, 7) is 1.16. The molecule has 0 aromatic heterocycles. The molecule has 23 heavy (non-hydrogen) atoms. The van der Waals surface area contributed by atoms with Gasteiger partial charge in [-0.15, -0.1) is 0 Å². The molecule has 0 N–H and O–H groups in total. The van der Waals surface area contributed by atoms with E-state index in [1.54, 1.807) is 0 Å². The third-order valence-electron chi connectivity index (χ3n) is 4.19. The molecule has 1 aromatic carbocycles. The van der Waals surface area contributed by atoms with Gasteiger partial charge in [0, 0.05) is 23.4 Å². The van der Waals surface area contributed by atoms with Gasteiger partial charge < -0.3 is 4.90 Å². The summed E-state index contributed by atoms with van der Waals surface area (Å²) < 4.78 is 79.3. The van der Waals surface area contributed by atoms with Gasteiger partial charge in [-0.2, -0.15) is 13.2 Å². The first-order chi connectivity index (χ1) is 10.5. The highest BCUT2D eigenvalue weighted by molar-refractivity contribution is 5.80. The van der Waals surface area contributed by atoms with Gasteiger partial charge in [0.2, 0.25) is 5.91 Å². The quantitative estimate of drug-likeness (QED) is 0.589. The van der Waals surface area contributed by atoms with E-state index in [1.807, 2.05) is 0 Å². The Morgan fingerprint density at radius 1 is 1.13 bits per heavy atom. The molecule has 128 valence electrons. The Morgan fingerprint density at radius 2 is 1.70 bits per heavy atom. The molecule has 1 unspecified atom stereocenters. The number of piperidine rings is 1. The number of likely N-dealkylation sites (tertiary alicyclic amines) is 1. The topological polar surface area (TPSA) is 20.3 Å². The van der Waals surface area contributed by atoms with E-state index in [0.29, 0.717) is 11.0 Å². The number of carbonyl (C=O) groups excluding carboxylic acids is 1. The summed E-state index contributed by atoms with van der Waals surface area (Å²) in [5, 5.41) is 0. The van der Waals surface area contributed by atoms with Gasteiger partial charge in [0.15, 0.2) is 11.6 Å². The summed E-state index contributed by atoms with van der Waals surface area (Å²) in [5.41, 5.74) is -0.607. The zero-order chi connectivity index (χ0) is 17.5. The fraction of sp³-hybridized carbons (Fsp3) is 0.533. The fourth-order valence-electron chi connectivity index (χ4n) is 3.04. The van der Waals surface area contributed by atoms with Crippen molar-refractivity contribution in [1.82, 2.24) is 4.90 Å². The number of nitrogens with zero attached hydrogens (tertiary/aromatic N) is 1. The normalized spacial score (nSPS) is 25.8.